The van der Waals surface area contributed by atoms with Crippen molar-refractivity contribution in [1.29, 1.82) is 0 Å². The predicted molar refractivity (Wildman–Crippen MR) is 93.3 cm³/mol. The molecule has 0 aliphatic carbocycles. The third kappa shape index (κ3) is 3.56. The lowest BCUT2D eigenvalue weighted by atomic mass is 9.65. The summed E-state index contributed by atoms with van der Waals surface area (Å²) in [6.07, 6.45) is 7.16. The second-order valence-corrected chi connectivity index (χ2v) is 7.53. The molecule has 3 unspecified atom stereocenters. The SMILES string of the molecule is CCCCC1C(CC)N=Cc2ccccc2C1C(C)(C)C. The molecule has 0 amide bonds. The van der Waals surface area contributed by atoms with Crippen LogP contribution in [0.5, 0.6) is 0 Å². The van der Waals surface area contributed by atoms with Crippen molar-refractivity contribution in [1.82, 2.24) is 0 Å². The minimum Gasteiger partial charge on any atom is -0.289 e. The van der Waals surface area contributed by atoms with Crippen molar-refractivity contribution in [2.75, 3.05) is 0 Å². The first-order valence-electron chi connectivity index (χ1n) is 8.61. The summed E-state index contributed by atoms with van der Waals surface area (Å²) in [5.41, 5.74) is 3.11. The molecule has 0 saturated heterocycles. The van der Waals surface area contributed by atoms with E-state index in [4.69, 9.17) is 4.99 Å². The first kappa shape index (κ1) is 16.3. The highest BCUT2D eigenvalue weighted by molar-refractivity contribution is 5.82. The van der Waals surface area contributed by atoms with Gasteiger partial charge in [0.1, 0.15) is 0 Å². The van der Waals surface area contributed by atoms with Crippen LogP contribution >= 0.6 is 0 Å². The first-order chi connectivity index (χ1) is 9.99. The fourth-order valence-corrected chi connectivity index (χ4v) is 3.97. The third-order valence-corrected chi connectivity index (χ3v) is 4.90. The molecule has 116 valence electrons. The fraction of sp³-hybridized carbons (Fsp3) is 0.650. The van der Waals surface area contributed by atoms with Crippen molar-refractivity contribution >= 4 is 6.21 Å². The number of aliphatic imine (C=N–C) groups is 1. The molecule has 1 aliphatic rings. The van der Waals surface area contributed by atoms with E-state index in [1.54, 1.807) is 0 Å². The molecule has 1 aliphatic heterocycles. The van der Waals surface area contributed by atoms with Crippen molar-refractivity contribution in [3.8, 4) is 0 Å². The summed E-state index contributed by atoms with van der Waals surface area (Å²) in [5.74, 6) is 1.25. The lowest BCUT2D eigenvalue weighted by molar-refractivity contribution is 0.195. The van der Waals surface area contributed by atoms with E-state index in [0.717, 1.165) is 6.42 Å². The average molecular weight is 285 g/mol. The van der Waals surface area contributed by atoms with Crippen molar-refractivity contribution in [2.24, 2.45) is 16.3 Å². The number of unbranched alkanes of at least 4 members (excludes halogenated alkanes) is 1. The number of hydrogen-bond acceptors (Lipinski definition) is 1. The van der Waals surface area contributed by atoms with Crippen molar-refractivity contribution in [3.63, 3.8) is 0 Å². The van der Waals surface area contributed by atoms with Crippen molar-refractivity contribution in [2.45, 2.75) is 72.3 Å². The van der Waals surface area contributed by atoms with E-state index < -0.39 is 0 Å². The van der Waals surface area contributed by atoms with Gasteiger partial charge in [-0.1, -0.05) is 71.7 Å². The molecule has 0 N–H and O–H groups in total. The van der Waals surface area contributed by atoms with Gasteiger partial charge in [0.15, 0.2) is 0 Å². The fourth-order valence-electron chi connectivity index (χ4n) is 3.97. The Morgan fingerprint density at radius 2 is 1.81 bits per heavy atom. The molecule has 0 bridgehead atoms. The highest BCUT2D eigenvalue weighted by Crippen LogP contribution is 2.47. The molecule has 0 saturated carbocycles. The van der Waals surface area contributed by atoms with Gasteiger partial charge in [0.2, 0.25) is 0 Å². The van der Waals surface area contributed by atoms with E-state index in [1.165, 1.54) is 30.4 Å². The Morgan fingerprint density at radius 1 is 1.10 bits per heavy atom. The summed E-state index contributed by atoms with van der Waals surface area (Å²) in [7, 11) is 0. The van der Waals surface area contributed by atoms with Crippen LogP contribution < -0.4 is 0 Å². The van der Waals surface area contributed by atoms with E-state index in [-0.39, 0.29) is 5.41 Å². The summed E-state index contributed by atoms with van der Waals surface area (Å²) < 4.78 is 0. The molecule has 3 atom stereocenters. The second-order valence-electron chi connectivity index (χ2n) is 7.53. The third-order valence-electron chi connectivity index (χ3n) is 4.90. The summed E-state index contributed by atoms with van der Waals surface area (Å²) in [4.78, 5) is 4.96. The van der Waals surface area contributed by atoms with Gasteiger partial charge >= 0.3 is 0 Å². The van der Waals surface area contributed by atoms with E-state index in [0.29, 0.717) is 17.9 Å². The number of rotatable bonds is 4. The molecule has 1 aromatic rings. The Kier molecular flexibility index (Phi) is 5.24. The molecule has 1 heterocycles. The minimum atomic E-state index is 0.273. The maximum Gasteiger partial charge on any atom is 0.0531 e. The summed E-state index contributed by atoms with van der Waals surface area (Å²) in [6, 6.07) is 9.35. The van der Waals surface area contributed by atoms with Gasteiger partial charge in [-0.05, 0) is 41.2 Å². The number of benzene rings is 1. The quantitative estimate of drug-likeness (QED) is 0.659. The Labute approximate surface area is 130 Å². The van der Waals surface area contributed by atoms with Gasteiger partial charge in [0, 0.05) is 6.21 Å². The van der Waals surface area contributed by atoms with Gasteiger partial charge in [-0.25, -0.2) is 0 Å². The van der Waals surface area contributed by atoms with Gasteiger partial charge < -0.3 is 0 Å². The van der Waals surface area contributed by atoms with Crippen LogP contribution in [-0.4, -0.2) is 12.3 Å². The van der Waals surface area contributed by atoms with E-state index in [2.05, 4.69) is 65.1 Å². The molecular formula is C20H31N. The van der Waals surface area contributed by atoms with Crippen LogP contribution in [0.15, 0.2) is 29.3 Å². The average Bonchev–Trinajstić information content (AvgIpc) is 2.60. The van der Waals surface area contributed by atoms with Crippen LogP contribution in [0, 0.1) is 11.3 Å². The highest BCUT2D eigenvalue weighted by Gasteiger charge is 2.38. The van der Waals surface area contributed by atoms with Crippen LogP contribution in [0.4, 0.5) is 0 Å². The highest BCUT2D eigenvalue weighted by atomic mass is 14.8. The van der Waals surface area contributed by atoms with E-state index >= 15 is 0 Å². The Bertz CT molecular complexity index is 481. The van der Waals surface area contributed by atoms with Crippen molar-refractivity contribution < 1.29 is 0 Å². The summed E-state index contributed by atoms with van der Waals surface area (Å²) >= 11 is 0. The molecule has 0 radical (unpaired) electrons. The zero-order valence-corrected chi connectivity index (χ0v) is 14.4. The molecule has 21 heavy (non-hydrogen) atoms. The summed E-state index contributed by atoms with van der Waals surface area (Å²) in [5, 5.41) is 0. The Hall–Kier alpha value is -1.11. The standard InChI is InChI=1S/C20H31N/c1-6-8-12-17-18(7-2)21-14-15-11-9-10-13-16(15)19(17)20(3,4)5/h9-11,13-14,17-19H,6-8,12H2,1-5H3. The van der Waals surface area contributed by atoms with Gasteiger partial charge in [-0.2, -0.15) is 0 Å². The van der Waals surface area contributed by atoms with Crippen LogP contribution in [0.1, 0.15) is 77.3 Å². The number of nitrogens with zero attached hydrogens (tertiary/aromatic N) is 1. The molecule has 2 rings (SSSR count). The second kappa shape index (κ2) is 6.77. The number of hydrogen-bond donors (Lipinski definition) is 0. The molecule has 1 nitrogen and oxygen atoms in total. The lowest BCUT2D eigenvalue weighted by Crippen LogP contribution is -2.32. The molecule has 0 fully saturated rings. The summed E-state index contributed by atoms with van der Waals surface area (Å²) in [6.45, 7) is 11.8. The molecule has 0 spiro atoms. The van der Waals surface area contributed by atoms with Gasteiger partial charge in [0.25, 0.3) is 0 Å². The molecule has 1 aromatic carbocycles. The maximum absolute atomic E-state index is 4.96. The Balaban J connectivity index is 2.50. The zero-order chi connectivity index (χ0) is 15.5. The first-order valence-corrected chi connectivity index (χ1v) is 8.61. The van der Waals surface area contributed by atoms with Crippen molar-refractivity contribution in [3.05, 3.63) is 35.4 Å². The number of fused-ring (bicyclic) bond motifs is 1. The van der Waals surface area contributed by atoms with E-state index in [1.807, 2.05) is 0 Å². The van der Waals surface area contributed by atoms with Gasteiger partial charge in [0.05, 0.1) is 6.04 Å². The van der Waals surface area contributed by atoms with Gasteiger partial charge in [-0.15, -0.1) is 0 Å². The lowest BCUT2D eigenvalue weighted by Gasteiger charge is -2.40. The smallest absolute Gasteiger partial charge is 0.0531 e. The maximum atomic E-state index is 4.96. The van der Waals surface area contributed by atoms with Gasteiger partial charge in [-0.3, -0.25) is 4.99 Å². The van der Waals surface area contributed by atoms with Crippen LogP contribution in [0.3, 0.4) is 0 Å². The van der Waals surface area contributed by atoms with Crippen LogP contribution in [0.25, 0.3) is 0 Å². The van der Waals surface area contributed by atoms with Crippen LogP contribution in [0.2, 0.25) is 0 Å². The molecular weight excluding hydrogens is 254 g/mol. The largest absolute Gasteiger partial charge is 0.289 e. The topological polar surface area (TPSA) is 12.4 Å². The Morgan fingerprint density at radius 3 is 2.43 bits per heavy atom. The minimum absolute atomic E-state index is 0.273. The molecule has 0 aromatic heterocycles. The predicted octanol–water partition coefficient (Wildman–Crippen LogP) is 5.83. The molecule has 1 heteroatoms. The van der Waals surface area contributed by atoms with Crippen LogP contribution in [-0.2, 0) is 0 Å². The zero-order valence-electron chi connectivity index (χ0n) is 14.4. The van der Waals surface area contributed by atoms with E-state index in [9.17, 15) is 0 Å². The normalized spacial score (nSPS) is 25.5. The monoisotopic (exact) mass is 285 g/mol.